The maximum absolute atomic E-state index is 12.5. The second-order valence-electron chi connectivity index (χ2n) is 9.20. The first-order valence-corrected chi connectivity index (χ1v) is 11.3. The minimum absolute atomic E-state index is 0.00950. The molecule has 3 aromatic rings. The number of anilines is 1. The summed E-state index contributed by atoms with van der Waals surface area (Å²) in [5, 5.41) is 16.8. The summed E-state index contributed by atoms with van der Waals surface area (Å²) < 4.78 is 12.9. The molecule has 1 aliphatic heterocycles. The Morgan fingerprint density at radius 1 is 1.24 bits per heavy atom. The Kier molecular flexibility index (Phi) is 6.59. The highest BCUT2D eigenvalue weighted by Crippen LogP contribution is 2.32. The molecule has 1 amide bonds. The van der Waals surface area contributed by atoms with Crippen molar-refractivity contribution in [2.24, 2.45) is 0 Å². The number of nitrogens with zero attached hydrogens (tertiary/aromatic N) is 5. The summed E-state index contributed by atoms with van der Waals surface area (Å²) in [7, 11) is 1.62. The van der Waals surface area contributed by atoms with Crippen molar-refractivity contribution in [1.82, 2.24) is 24.7 Å². The smallest absolute Gasteiger partial charge is 0.410 e. The van der Waals surface area contributed by atoms with E-state index in [1.807, 2.05) is 45.0 Å². The van der Waals surface area contributed by atoms with Crippen molar-refractivity contribution in [3.05, 3.63) is 36.0 Å². The number of carbonyl (C=O) groups excluding carboxylic acids is 1. The summed E-state index contributed by atoms with van der Waals surface area (Å²) in [6, 6.07) is 7.66. The number of methoxy groups -OCH3 is 1. The quantitative estimate of drug-likeness (QED) is 0.586. The van der Waals surface area contributed by atoms with Gasteiger partial charge < -0.3 is 19.7 Å². The van der Waals surface area contributed by atoms with Crippen molar-refractivity contribution in [3.8, 4) is 28.8 Å². The van der Waals surface area contributed by atoms with Gasteiger partial charge in [-0.15, -0.1) is 16.1 Å². The van der Waals surface area contributed by atoms with Gasteiger partial charge in [0.25, 0.3) is 0 Å². The van der Waals surface area contributed by atoms with Crippen LogP contribution >= 0.6 is 0 Å². The van der Waals surface area contributed by atoms with E-state index in [1.54, 1.807) is 29.6 Å². The Morgan fingerprint density at radius 2 is 2.06 bits per heavy atom. The van der Waals surface area contributed by atoms with Crippen LogP contribution in [-0.4, -0.2) is 62.6 Å². The van der Waals surface area contributed by atoms with Crippen LogP contribution in [0.5, 0.6) is 5.75 Å². The lowest BCUT2D eigenvalue weighted by Gasteiger charge is -2.34. The fourth-order valence-electron chi connectivity index (χ4n) is 4.00. The van der Waals surface area contributed by atoms with Crippen LogP contribution in [0.2, 0.25) is 0 Å². The number of hydrogen-bond acceptors (Lipinski definition) is 7. The average molecular weight is 463 g/mol. The van der Waals surface area contributed by atoms with E-state index in [9.17, 15) is 4.79 Å². The number of aromatic nitrogens is 4. The molecule has 9 nitrogen and oxygen atoms in total. The molecular formula is C25H30N6O3. The molecule has 1 N–H and O–H groups in total. The van der Waals surface area contributed by atoms with Gasteiger partial charge in [-0.2, -0.15) is 9.61 Å². The van der Waals surface area contributed by atoms with Crippen molar-refractivity contribution in [2.75, 3.05) is 25.5 Å². The van der Waals surface area contributed by atoms with Gasteiger partial charge in [-0.3, -0.25) is 0 Å². The number of rotatable bonds is 4. The van der Waals surface area contributed by atoms with E-state index >= 15 is 0 Å². The monoisotopic (exact) mass is 462 g/mol. The Bertz CT molecular complexity index is 1250. The first kappa shape index (κ1) is 23.4. The van der Waals surface area contributed by atoms with Gasteiger partial charge in [0.2, 0.25) is 5.95 Å². The van der Waals surface area contributed by atoms with Gasteiger partial charge in [0.15, 0.2) is 0 Å². The highest BCUT2D eigenvalue weighted by Gasteiger charge is 2.28. The lowest BCUT2D eigenvalue weighted by molar-refractivity contribution is 0.0206. The van der Waals surface area contributed by atoms with E-state index in [0.717, 1.165) is 29.5 Å². The molecule has 4 rings (SSSR count). The number of piperidine rings is 1. The van der Waals surface area contributed by atoms with Crippen LogP contribution in [0.1, 0.15) is 46.1 Å². The SMILES string of the molecule is CC#Cc1ccc(-c2nnc(N[C@@H]3CCCN(C(=O)OC(C)(C)C)C3)n3nccc23)c(OC)c1. The maximum Gasteiger partial charge on any atom is 0.410 e. The van der Waals surface area contributed by atoms with E-state index < -0.39 is 5.60 Å². The Balaban J connectivity index is 1.58. The van der Waals surface area contributed by atoms with Crippen LogP contribution in [0.15, 0.2) is 30.5 Å². The standard InChI is InChI=1S/C25H30N6O3/c1-6-8-17-10-11-19(21(15-17)33-5)22-20-12-13-26-31(20)23(29-28-22)27-18-9-7-14-30(16-18)24(32)34-25(2,3)4/h10-13,15,18H,7,9,14,16H2,1-5H3,(H,27,29)/t18-/m1/s1. The average Bonchev–Trinajstić information content (AvgIpc) is 3.29. The van der Waals surface area contributed by atoms with Gasteiger partial charge in [-0.05, 0) is 64.8 Å². The number of hydrogen-bond donors (Lipinski definition) is 1. The second kappa shape index (κ2) is 9.59. The first-order valence-electron chi connectivity index (χ1n) is 11.3. The van der Waals surface area contributed by atoms with Crippen LogP contribution in [0.25, 0.3) is 16.8 Å². The zero-order chi connectivity index (χ0) is 24.3. The number of carbonyl (C=O) groups is 1. The van der Waals surface area contributed by atoms with E-state index in [4.69, 9.17) is 9.47 Å². The topological polar surface area (TPSA) is 93.9 Å². The minimum Gasteiger partial charge on any atom is -0.496 e. The fourth-order valence-corrected chi connectivity index (χ4v) is 4.00. The second-order valence-corrected chi connectivity index (χ2v) is 9.20. The Labute approximate surface area is 199 Å². The Hall–Kier alpha value is -3.80. The van der Waals surface area contributed by atoms with Gasteiger partial charge in [0.1, 0.15) is 17.0 Å². The molecule has 1 atom stereocenters. The number of benzene rings is 1. The third kappa shape index (κ3) is 5.06. The van der Waals surface area contributed by atoms with Gasteiger partial charge >= 0.3 is 6.09 Å². The zero-order valence-electron chi connectivity index (χ0n) is 20.3. The van der Waals surface area contributed by atoms with Crippen LogP contribution < -0.4 is 10.1 Å². The van der Waals surface area contributed by atoms with E-state index in [2.05, 4.69) is 32.5 Å². The summed E-state index contributed by atoms with van der Waals surface area (Å²) in [6.45, 7) is 8.61. The van der Waals surface area contributed by atoms with Crippen molar-refractivity contribution in [1.29, 1.82) is 0 Å². The summed E-state index contributed by atoms with van der Waals surface area (Å²) in [5.74, 6) is 7.13. The molecule has 3 heterocycles. The number of ether oxygens (including phenoxy) is 2. The largest absolute Gasteiger partial charge is 0.496 e. The fraction of sp³-hybridized carbons (Fsp3) is 0.440. The van der Waals surface area contributed by atoms with Crippen LogP contribution in [-0.2, 0) is 4.74 Å². The van der Waals surface area contributed by atoms with Crippen LogP contribution in [0, 0.1) is 11.8 Å². The number of likely N-dealkylation sites (tertiary alicyclic amines) is 1. The molecule has 1 aliphatic rings. The molecule has 0 aliphatic carbocycles. The molecule has 2 aromatic heterocycles. The van der Waals surface area contributed by atoms with Crippen molar-refractivity contribution in [2.45, 2.75) is 52.2 Å². The van der Waals surface area contributed by atoms with Crippen molar-refractivity contribution in [3.63, 3.8) is 0 Å². The molecule has 0 radical (unpaired) electrons. The van der Waals surface area contributed by atoms with E-state index in [-0.39, 0.29) is 12.1 Å². The van der Waals surface area contributed by atoms with Crippen LogP contribution in [0.3, 0.4) is 0 Å². The molecular weight excluding hydrogens is 432 g/mol. The molecule has 34 heavy (non-hydrogen) atoms. The highest BCUT2D eigenvalue weighted by molar-refractivity contribution is 5.81. The zero-order valence-corrected chi connectivity index (χ0v) is 20.3. The molecule has 1 fully saturated rings. The number of amides is 1. The predicted molar refractivity (Wildman–Crippen MR) is 130 cm³/mol. The summed E-state index contributed by atoms with van der Waals surface area (Å²) in [6.07, 6.45) is 3.19. The summed E-state index contributed by atoms with van der Waals surface area (Å²) in [4.78, 5) is 14.3. The van der Waals surface area contributed by atoms with Gasteiger partial charge in [-0.1, -0.05) is 5.92 Å². The summed E-state index contributed by atoms with van der Waals surface area (Å²) >= 11 is 0. The molecule has 1 saturated heterocycles. The minimum atomic E-state index is -0.525. The first-order chi connectivity index (χ1) is 16.3. The molecule has 9 heteroatoms. The maximum atomic E-state index is 12.5. The van der Waals surface area contributed by atoms with E-state index in [1.165, 1.54) is 0 Å². The predicted octanol–water partition coefficient (Wildman–Crippen LogP) is 3.98. The molecule has 0 bridgehead atoms. The lowest BCUT2D eigenvalue weighted by Crippen LogP contribution is -2.47. The highest BCUT2D eigenvalue weighted by atomic mass is 16.6. The molecule has 178 valence electrons. The van der Waals surface area contributed by atoms with Crippen molar-refractivity contribution >= 4 is 17.6 Å². The Morgan fingerprint density at radius 3 is 2.79 bits per heavy atom. The number of nitrogens with one attached hydrogen (secondary N) is 1. The number of fused-ring (bicyclic) bond motifs is 1. The van der Waals surface area contributed by atoms with Crippen LogP contribution in [0.4, 0.5) is 10.7 Å². The van der Waals surface area contributed by atoms with Crippen molar-refractivity contribution < 1.29 is 14.3 Å². The third-order valence-corrected chi connectivity index (χ3v) is 5.46. The molecule has 0 spiro atoms. The summed E-state index contributed by atoms with van der Waals surface area (Å²) in [5.41, 5.74) is 2.61. The molecule has 1 aromatic carbocycles. The molecule has 0 saturated carbocycles. The van der Waals surface area contributed by atoms with E-state index in [0.29, 0.717) is 30.5 Å². The lowest BCUT2D eigenvalue weighted by atomic mass is 10.1. The van der Waals surface area contributed by atoms with Gasteiger partial charge in [0, 0.05) is 30.3 Å². The van der Waals surface area contributed by atoms with Gasteiger partial charge in [-0.25, -0.2) is 4.79 Å². The normalized spacial score (nSPS) is 16.0. The van der Waals surface area contributed by atoms with Gasteiger partial charge in [0.05, 0.1) is 18.8 Å². The third-order valence-electron chi connectivity index (χ3n) is 5.46. The molecule has 0 unspecified atom stereocenters.